The summed E-state index contributed by atoms with van der Waals surface area (Å²) in [6, 6.07) is 6.02. The van der Waals surface area contributed by atoms with Crippen LogP contribution in [0.2, 0.25) is 10.0 Å². The lowest BCUT2D eigenvalue weighted by Gasteiger charge is -2.25. The van der Waals surface area contributed by atoms with Gasteiger partial charge < -0.3 is 28.9 Å². The third-order valence-corrected chi connectivity index (χ3v) is 8.50. The normalized spacial score (nSPS) is 13.7. The van der Waals surface area contributed by atoms with E-state index < -0.39 is 58.8 Å². The number of carbonyl (C=O) groups is 3. The Balaban J connectivity index is 1.56. The molecule has 1 aromatic carbocycles. The van der Waals surface area contributed by atoms with Crippen LogP contribution in [0.1, 0.15) is 61.2 Å². The number of carbonyl (C=O) groups excluding carboxylic acids is 3. The van der Waals surface area contributed by atoms with Crippen LogP contribution in [-0.2, 0) is 35.4 Å². The summed E-state index contributed by atoms with van der Waals surface area (Å²) in [5.41, 5.74) is -0.896. The lowest BCUT2D eigenvalue weighted by molar-refractivity contribution is -0.605. The Hall–Kier alpha value is -4.48. The molecule has 2 heterocycles. The van der Waals surface area contributed by atoms with Crippen molar-refractivity contribution in [1.82, 2.24) is 4.98 Å². The molecular formula is C32H33Cl2F2N3O11S. The van der Waals surface area contributed by atoms with Gasteiger partial charge in [-0.05, 0) is 69.4 Å². The van der Waals surface area contributed by atoms with E-state index >= 15 is 0 Å². The predicted octanol–water partition coefficient (Wildman–Crippen LogP) is 5.80. The first-order chi connectivity index (χ1) is 23.8. The third-order valence-electron chi connectivity index (χ3n) is 6.85. The van der Waals surface area contributed by atoms with Crippen molar-refractivity contribution in [2.75, 3.05) is 23.8 Å². The molecule has 4 rings (SSSR count). The van der Waals surface area contributed by atoms with E-state index in [4.69, 9.17) is 42.1 Å². The molecule has 1 fully saturated rings. The molecule has 19 heteroatoms. The number of hydrogen-bond donors (Lipinski definition) is 0. The number of esters is 2. The van der Waals surface area contributed by atoms with Crippen LogP contribution in [0.25, 0.3) is 0 Å². The third kappa shape index (κ3) is 11.5. The quantitative estimate of drug-likeness (QED) is 0.0835. The molecule has 0 unspecified atom stereocenters. The molecule has 1 aliphatic carbocycles. The van der Waals surface area contributed by atoms with Gasteiger partial charge in [-0.1, -0.05) is 29.3 Å². The molecule has 0 bridgehead atoms. The number of sulfonamides is 1. The maximum absolute atomic E-state index is 13.1. The van der Waals surface area contributed by atoms with E-state index in [0.29, 0.717) is 4.73 Å². The van der Waals surface area contributed by atoms with E-state index in [0.717, 1.165) is 49.8 Å². The average molecular weight is 777 g/mol. The number of nitrogens with zero attached hydrogens (tertiary/aromatic N) is 3. The van der Waals surface area contributed by atoms with Gasteiger partial charge in [0.1, 0.15) is 21.8 Å². The first-order valence-electron chi connectivity index (χ1n) is 15.1. The number of hydrogen-bond acceptors (Lipinski definition) is 12. The number of benzene rings is 1. The highest BCUT2D eigenvalue weighted by Gasteiger charge is 2.32. The summed E-state index contributed by atoms with van der Waals surface area (Å²) in [5, 5.41) is 11.7. The van der Waals surface area contributed by atoms with Gasteiger partial charge in [-0.25, -0.2) is 27.8 Å². The fourth-order valence-electron chi connectivity index (χ4n) is 4.42. The summed E-state index contributed by atoms with van der Waals surface area (Å²) in [6.07, 6.45) is 2.96. The lowest BCUT2D eigenvalue weighted by atomic mass is 10.0. The van der Waals surface area contributed by atoms with Crippen LogP contribution in [0, 0.1) is 11.1 Å². The number of aromatic nitrogens is 2. The zero-order valence-corrected chi connectivity index (χ0v) is 30.0. The van der Waals surface area contributed by atoms with Crippen LogP contribution in [0.15, 0.2) is 48.9 Å². The Labute approximate surface area is 301 Å². The highest BCUT2D eigenvalue weighted by atomic mass is 35.5. The summed E-state index contributed by atoms with van der Waals surface area (Å²) < 4.78 is 78.1. The second-order valence-corrected chi connectivity index (χ2v) is 14.9. The van der Waals surface area contributed by atoms with Crippen LogP contribution in [0.4, 0.5) is 19.4 Å². The maximum atomic E-state index is 13.1. The Morgan fingerprint density at radius 3 is 2.33 bits per heavy atom. The molecule has 51 heavy (non-hydrogen) atoms. The van der Waals surface area contributed by atoms with Gasteiger partial charge in [-0.2, -0.15) is 17.8 Å². The van der Waals surface area contributed by atoms with Gasteiger partial charge in [0.2, 0.25) is 10.0 Å². The fraction of sp³-hybridized carbons (Fsp3) is 0.406. The van der Waals surface area contributed by atoms with Crippen molar-refractivity contribution in [2.24, 2.45) is 5.92 Å². The highest BCUT2D eigenvalue weighted by molar-refractivity contribution is 7.92. The van der Waals surface area contributed by atoms with E-state index in [2.05, 4.69) is 9.72 Å². The summed E-state index contributed by atoms with van der Waals surface area (Å²) >= 11 is 12.5. The zero-order chi connectivity index (χ0) is 37.7. The van der Waals surface area contributed by atoms with Crippen LogP contribution in [0.3, 0.4) is 0 Å². The van der Waals surface area contributed by atoms with Crippen molar-refractivity contribution in [3.63, 3.8) is 0 Å². The van der Waals surface area contributed by atoms with Gasteiger partial charge in [-0.15, -0.1) is 0 Å². The number of anilines is 1. The Bertz CT molecular complexity index is 1870. The Morgan fingerprint density at radius 2 is 1.75 bits per heavy atom. The smallest absolute Gasteiger partial charge is 0.430 e. The molecule has 0 saturated heterocycles. The van der Waals surface area contributed by atoms with Gasteiger partial charge in [0, 0.05) is 18.2 Å². The number of pyridine rings is 2. The van der Waals surface area contributed by atoms with Crippen molar-refractivity contribution in [2.45, 2.75) is 58.4 Å². The SMILES string of the molecule is CC(C)(C)OC(=O)N(c1cc(C(=O)OCC(=O)O[C@@H](Cc2c(Cl)c[n+]([O-])cc2Cl)c2ccc(OC(F)F)c(OCC3CC3)c2)ccn1)S(C)(=O)=O. The molecule has 0 aliphatic heterocycles. The van der Waals surface area contributed by atoms with Crippen molar-refractivity contribution in [3.05, 3.63) is 80.9 Å². The van der Waals surface area contributed by atoms with Crippen molar-refractivity contribution >= 4 is 57.1 Å². The van der Waals surface area contributed by atoms with Gasteiger partial charge >= 0.3 is 24.6 Å². The predicted molar refractivity (Wildman–Crippen MR) is 177 cm³/mol. The minimum Gasteiger partial charge on any atom is -0.619 e. The van der Waals surface area contributed by atoms with Crippen molar-refractivity contribution < 1.29 is 60.0 Å². The molecule has 0 radical (unpaired) electrons. The van der Waals surface area contributed by atoms with E-state index in [1.165, 1.54) is 39.0 Å². The van der Waals surface area contributed by atoms with Crippen molar-refractivity contribution in [3.8, 4) is 11.5 Å². The molecule has 1 saturated carbocycles. The number of ether oxygens (including phenoxy) is 5. The highest BCUT2D eigenvalue weighted by Crippen LogP contribution is 2.38. The number of rotatable bonds is 14. The molecule has 0 spiro atoms. The first kappa shape index (κ1) is 39.3. The molecular weight excluding hydrogens is 743 g/mol. The average Bonchev–Trinajstić information content (AvgIpc) is 3.83. The molecule has 1 atom stereocenters. The van der Waals surface area contributed by atoms with E-state index in [9.17, 15) is 36.8 Å². The first-order valence-corrected chi connectivity index (χ1v) is 17.8. The monoisotopic (exact) mass is 775 g/mol. The second-order valence-electron chi connectivity index (χ2n) is 12.3. The second kappa shape index (κ2) is 16.2. The van der Waals surface area contributed by atoms with Gasteiger partial charge in [0.05, 0.1) is 18.4 Å². The minimum atomic E-state index is -4.27. The zero-order valence-electron chi connectivity index (χ0n) is 27.6. The van der Waals surface area contributed by atoms with E-state index in [1.807, 2.05) is 0 Å². The lowest BCUT2D eigenvalue weighted by Crippen LogP contribution is -2.41. The van der Waals surface area contributed by atoms with Gasteiger partial charge in [-0.3, -0.25) is 0 Å². The van der Waals surface area contributed by atoms with Crippen LogP contribution < -0.4 is 18.5 Å². The molecule has 276 valence electrons. The minimum absolute atomic E-state index is 0.0437. The Kier molecular flexibility index (Phi) is 12.5. The van der Waals surface area contributed by atoms with Crippen LogP contribution >= 0.6 is 23.2 Å². The Morgan fingerprint density at radius 1 is 1.08 bits per heavy atom. The largest absolute Gasteiger partial charge is 0.619 e. The van der Waals surface area contributed by atoms with Gasteiger partial charge in [0.25, 0.3) is 0 Å². The molecule has 2 aromatic heterocycles. The fourth-order valence-corrected chi connectivity index (χ4v) is 5.77. The molecule has 3 aromatic rings. The standard InChI is InChI=1S/C32H33Cl2F2N3O11S/c1-32(2,3)50-31(42)39(51(4,44)45)27-12-20(9-10-37-27)29(41)47-17-28(40)48-25(13-21-22(33)14-38(43)15-23(21)34)19-7-8-24(49-30(35)36)26(11-19)46-16-18-5-6-18/h7-12,14-15,18,25,30H,5-6,13,16-17H2,1-4H3/t25-/m0/s1. The van der Waals surface area contributed by atoms with Gasteiger partial charge in [0.15, 0.2) is 36.3 Å². The number of alkyl halides is 2. The van der Waals surface area contributed by atoms with E-state index in [1.54, 1.807) is 0 Å². The summed E-state index contributed by atoms with van der Waals surface area (Å²) in [7, 11) is -4.27. The maximum Gasteiger partial charge on any atom is 0.430 e. The topological polar surface area (TPSA) is 175 Å². The molecule has 14 nitrogen and oxygen atoms in total. The summed E-state index contributed by atoms with van der Waals surface area (Å²) in [4.78, 5) is 42.6. The number of halogens is 4. The van der Waals surface area contributed by atoms with E-state index in [-0.39, 0.29) is 61.5 Å². The summed E-state index contributed by atoms with van der Waals surface area (Å²) in [6.45, 7) is 0.715. The number of amides is 1. The molecule has 0 N–H and O–H groups in total. The van der Waals surface area contributed by atoms with Crippen LogP contribution in [-0.4, -0.2) is 63.1 Å². The molecule has 1 amide bonds. The molecule has 1 aliphatic rings. The summed E-state index contributed by atoms with van der Waals surface area (Å²) in [5.74, 6) is -2.71. The van der Waals surface area contributed by atoms with Crippen LogP contribution in [0.5, 0.6) is 11.5 Å². The van der Waals surface area contributed by atoms with Crippen molar-refractivity contribution in [1.29, 1.82) is 0 Å².